The standard InChI is InChI=1S/C19H25N3O2/c1-23-19-9-8-16(12-20-19)24-13-14-4-2-3-5-17(14)18-10-11-21-22(18)15-6-7-15/h8-12,14-15,17H,2-7,13H2,1H3. The number of nitrogens with zero attached hydrogens (tertiary/aromatic N) is 3. The first kappa shape index (κ1) is 15.5. The van der Waals surface area contributed by atoms with E-state index in [9.17, 15) is 0 Å². The third-order valence-electron chi connectivity index (χ3n) is 5.27. The lowest BCUT2D eigenvalue weighted by Gasteiger charge is -2.32. The predicted octanol–water partition coefficient (Wildman–Crippen LogP) is 3.97. The van der Waals surface area contributed by atoms with Gasteiger partial charge < -0.3 is 9.47 Å². The van der Waals surface area contributed by atoms with Gasteiger partial charge in [-0.15, -0.1) is 0 Å². The molecule has 2 aromatic rings. The van der Waals surface area contributed by atoms with Crippen molar-refractivity contribution in [2.45, 2.75) is 50.5 Å². The van der Waals surface area contributed by atoms with Crippen LogP contribution in [0, 0.1) is 5.92 Å². The molecular formula is C19H25N3O2. The predicted molar refractivity (Wildman–Crippen MR) is 91.5 cm³/mol. The molecule has 2 fully saturated rings. The van der Waals surface area contributed by atoms with Crippen molar-refractivity contribution in [2.24, 2.45) is 5.92 Å². The molecule has 0 radical (unpaired) electrons. The monoisotopic (exact) mass is 327 g/mol. The zero-order chi connectivity index (χ0) is 16.4. The van der Waals surface area contributed by atoms with E-state index in [1.54, 1.807) is 13.3 Å². The molecule has 2 aliphatic carbocycles. The molecule has 0 saturated heterocycles. The van der Waals surface area contributed by atoms with Gasteiger partial charge in [-0.2, -0.15) is 5.10 Å². The molecule has 5 nitrogen and oxygen atoms in total. The fourth-order valence-electron chi connectivity index (χ4n) is 3.81. The summed E-state index contributed by atoms with van der Waals surface area (Å²) in [5, 5.41) is 4.58. The number of methoxy groups -OCH3 is 1. The van der Waals surface area contributed by atoms with Crippen LogP contribution < -0.4 is 9.47 Å². The lowest BCUT2D eigenvalue weighted by Crippen LogP contribution is -2.26. The van der Waals surface area contributed by atoms with Gasteiger partial charge in [-0.25, -0.2) is 4.98 Å². The van der Waals surface area contributed by atoms with Crippen LogP contribution in [0.3, 0.4) is 0 Å². The summed E-state index contributed by atoms with van der Waals surface area (Å²) in [6.45, 7) is 0.745. The van der Waals surface area contributed by atoms with Gasteiger partial charge in [0.2, 0.25) is 5.88 Å². The minimum absolute atomic E-state index is 0.551. The van der Waals surface area contributed by atoms with Crippen LogP contribution >= 0.6 is 0 Å². The third-order valence-corrected chi connectivity index (χ3v) is 5.27. The molecule has 0 aromatic carbocycles. The van der Waals surface area contributed by atoms with Gasteiger partial charge in [0.15, 0.2) is 0 Å². The molecule has 2 unspecified atom stereocenters. The molecule has 0 spiro atoms. The highest BCUT2D eigenvalue weighted by atomic mass is 16.5. The van der Waals surface area contributed by atoms with Gasteiger partial charge in [0, 0.05) is 29.8 Å². The van der Waals surface area contributed by atoms with E-state index < -0.39 is 0 Å². The molecule has 2 aromatic heterocycles. The van der Waals surface area contributed by atoms with Gasteiger partial charge in [-0.1, -0.05) is 12.8 Å². The lowest BCUT2D eigenvalue weighted by molar-refractivity contribution is 0.181. The van der Waals surface area contributed by atoms with Crippen LogP contribution in [0.1, 0.15) is 56.2 Å². The van der Waals surface area contributed by atoms with Crippen LogP contribution in [-0.4, -0.2) is 28.5 Å². The van der Waals surface area contributed by atoms with Crippen molar-refractivity contribution in [3.63, 3.8) is 0 Å². The number of hydrogen-bond donors (Lipinski definition) is 0. The molecule has 24 heavy (non-hydrogen) atoms. The first-order valence-corrected chi connectivity index (χ1v) is 9.01. The SMILES string of the molecule is COc1ccc(OCC2CCCCC2c2ccnn2C2CC2)cn1. The van der Waals surface area contributed by atoms with E-state index in [1.165, 1.54) is 44.2 Å². The van der Waals surface area contributed by atoms with Gasteiger partial charge in [-0.05, 0) is 37.8 Å². The minimum Gasteiger partial charge on any atom is -0.492 e. The fraction of sp³-hybridized carbons (Fsp3) is 0.579. The van der Waals surface area contributed by atoms with Crippen molar-refractivity contribution >= 4 is 0 Å². The quantitative estimate of drug-likeness (QED) is 0.805. The first-order valence-electron chi connectivity index (χ1n) is 9.01. The second-order valence-corrected chi connectivity index (χ2v) is 6.93. The summed E-state index contributed by atoms with van der Waals surface area (Å²) in [4.78, 5) is 4.21. The Bertz CT molecular complexity index is 664. The molecule has 4 rings (SSSR count). The topological polar surface area (TPSA) is 49.2 Å². The summed E-state index contributed by atoms with van der Waals surface area (Å²) < 4.78 is 13.4. The number of aromatic nitrogens is 3. The third kappa shape index (κ3) is 3.25. The lowest BCUT2D eigenvalue weighted by atomic mass is 9.78. The van der Waals surface area contributed by atoms with E-state index in [2.05, 4.69) is 20.8 Å². The molecule has 0 aliphatic heterocycles. The Hall–Kier alpha value is -2.04. The molecule has 2 heterocycles. The normalized spacial score (nSPS) is 23.9. The van der Waals surface area contributed by atoms with E-state index >= 15 is 0 Å². The van der Waals surface area contributed by atoms with Crippen molar-refractivity contribution in [3.8, 4) is 11.6 Å². The molecule has 2 aliphatic rings. The second-order valence-electron chi connectivity index (χ2n) is 6.93. The number of hydrogen-bond acceptors (Lipinski definition) is 4. The van der Waals surface area contributed by atoms with E-state index in [0.29, 0.717) is 23.8 Å². The average molecular weight is 327 g/mol. The van der Waals surface area contributed by atoms with E-state index in [4.69, 9.17) is 9.47 Å². The van der Waals surface area contributed by atoms with Crippen molar-refractivity contribution in [3.05, 3.63) is 36.3 Å². The summed E-state index contributed by atoms with van der Waals surface area (Å²) >= 11 is 0. The second kappa shape index (κ2) is 6.83. The summed E-state index contributed by atoms with van der Waals surface area (Å²) in [5.41, 5.74) is 1.42. The highest BCUT2D eigenvalue weighted by Crippen LogP contribution is 2.42. The molecule has 5 heteroatoms. The number of rotatable bonds is 6. The van der Waals surface area contributed by atoms with E-state index in [1.807, 2.05) is 18.3 Å². The molecule has 128 valence electrons. The molecule has 0 bridgehead atoms. The Balaban J connectivity index is 1.44. The molecule has 0 amide bonds. The van der Waals surface area contributed by atoms with E-state index in [-0.39, 0.29) is 0 Å². The number of pyridine rings is 1. The van der Waals surface area contributed by atoms with Crippen molar-refractivity contribution in [2.75, 3.05) is 13.7 Å². The molecule has 2 atom stereocenters. The Kier molecular flexibility index (Phi) is 4.41. The van der Waals surface area contributed by atoms with Crippen LogP contribution in [-0.2, 0) is 0 Å². The first-order chi connectivity index (χ1) is 11.8. The van der Waals surface area contributed by atoms with Crippen molar-refractivity contribution in [1.29, 1.82) is 0 Å². The fourth-order valence-corrected chi connectivity index (χ4v) is 3.81. The van der Waals surface area contributed by atoms with Crippen LogP contribution in [0.2, 0.25) is 0 Å². The Morgan fingerprint density at radius 3 is 2.75 bits per heavy atom. The summed E-state index contributed by atoms with van der Waals surface area (Å²) in [6.07, 6.45) is 11.3. The maximum atomic E-state index is 6.04. The van der Waals surface area contributed by atoms with Gasteiger partial charge >= 0.3 is 0 Å². The Morgan fingerprint density at radius 1 is 1.12 bits per heavy atom. The van der Waals surface area contributed by atoms with Crippen molar-refractivity contribution in [1.82, 2.24) is 14.8 Å². The summed E-state index contributed by atoms with van der Waals surface area (Å²) in [7, 11) is 1.62. The van der Waals surface area contributed by atoms with Gasteiger partial charge in [-0.3, -0.25) is 4.68 Å². The molecular weight excluding hydrogens is 302 g/mol. The van der Waals surface area contributed by atoms with Crippen LogP contribution in [0.4, 0.5) is 0 Å². The van der Waals surface area contributed by atoms with Crippen LogP contribution in [0.15, 0.2) is 30.6 Å². The van der Waals surface area contributed by atoms with Gasteiger partial charge in [0.1, 0.15) is 5.75 Å². The highest BCUT2D eigenvalue weighted by molar-refractivity contribution is 5.23. The van der Waals surface area contributed by atoms with Gasteiger partial charge in [0.05, 0.1) is 26.0 Å². The zero-order valence-electron chi connectivity index (χ0n) is 14.2. The Morgan fingerprint density at radius 2 is 2.00 bits per heavy atom. The van der Waals surface area contributed by atoms with Crippen molar-refractivity contribution < 1.29 is 9.47 Å². The van der Waals surface area contributed by atoms with E-state index in [0.717, 1.165) is 12.4 Å². The van der Waals surface area contributed by atoms with Crippen LogP contribution in [0.25, 0.3) is 0 Å². The molecule has 2 saturated carbocycles. The molecule has 0 N–H and O–H groups in total. The maximum absolute atomic E-state index is 6.04. The largest absolute Gasteiger partial charge is 0.492 e. The Labute approximate surface area is 143 Å². The maximum Gasteiger partial charge on any atom is 0.213 e. The zero-order valence-corrected chi connectivity index (χ0v) is 14.2. The van der Waals surface area contributed by atoms with Crippen LogP contribution in [0.5, 0.6) is 11.6 Å². The minimum atomic E-state index is 0.551. The smallest absolute Gasteiger partial charge is 0.213 e. The summed E-state index contributed by atoms with van der Waals surface area (Å²) in [6, 6.07) is 6.63. The average Bonchev–Trinajstić information content (AvgIpc) is 3.37. The number of ether oxygens (including phenoxy) is 2. The highest BCUT2D eigenvalue weighted by Gasteiger charge is 2.33. The summed E-state index contributed by atoms with van der Waals surface area (Å²) in [5.74, 6) is 2.55. The van der Waals surface area contributed by atoms with Gasteiger partial charge in [0.25, 0.3) is 0 Å².